The lowest BCUT2D eigenvalue weighted by Crippen LogP contribution is -2.34. The summed E-state index contributed by atoms with van der Waals surface area (Å²) in [6.07, 6.45) is 4.36. The molecule has 0 bridgehead atoms. The highest BCUT2D eigenvalue weighted by Gasteiger charge is 2.32. The Bertz CT molecular complexity index is 487. The van der Waals surface area contributed by atoms with Gasteiger partial charge in [-0.2, -0.15) is 0 Å². The number of hydrogen-bond acceptors (Lipinski definition) is 4. The largest absolute Gasteiger partial charge is 0.396 e. The van der Waals surface area contributed by atoms with E-state index in [-0.39, 0.29) is 22.6 Å². The lowest BCUT2D eigenvalue weighted by molar-refractivity contribution is -0.385. The molecule has 1 fully saturated rings. The average Bonchev–Trinajstić information content (AvgIpc) is 2.89. The average molecular weight is 343 g/mol. The van der Waals surface area contributed by atoms with Crippen LogP contribution >= 0.6 is 15.9 Å². The lowest BCUT2D eigenvalue weighted by Gasteiger charge is -2.26. The number of rotatable bonds is 6. The highest BCUT2D eigenvalue weighted by Crippen LogP contribution is 2.37. The SMILES string of the molecule is O=[N+]([O-])c1cc(Br)ccc1CNCC1(CO)CCCC1. The second-order valence-electron chi connectivity index (χ2n) is 5.50. The van der Waals surface area contributed by atoms with E-state index in [1.807, 2.05) is 0 Å². The van der Waals surface area contributed by atoms with Crippen molar-refractivity contribution in [2.24, 2.45) is 5.41 Å². The van der Waals surface area contributed by atoms with Crippen molar-refractivity contribution in [2.45, 2.75) is 32.2 Å². The molecule has 1 saturated carbocycles. The van der Waals surface area contributed by atoms with Gasteiger partial charge in [-0.05, 0) is 25.0 Å². The van der Waals surface area contributed by atoms with Crippen molar-refractivity contribution in [3.8, 4) is 0 Å². The van der Waals surface area contributed by atoms with Crippen molar-refractivity contribution in [3.05, 3.63) is 38.3 Å². The Labute approximate surface area is 126 Å². The fraction of sp³-hybridized carbons (Fsp3) is 0.571. The molecule has 0 radical (unpaired) electrons. The summed E-state index contributed by atoms with van der Waals surface area (Å²) in [6, 6.07) is 5.09. The Hall–Kier alpha value is -0.980. The van der Waals surface area contributed by atoms with Gasteiger partial charge in [-0.3, -0.25) is 10.1 Å². The van der Waals surface area contributed by atoms with Gasteiger partial charge in [0, 0.05) is 41.2 Å². The van der Waals surface area contributed by atoms with Crippen LogP contribution in [0.4, 0.5) is 5.69 Å². The number of nitro groups is 1. The van der Waals surface area contributed by atoms with Crippen LogP contribution in [0.3, 0.4) is 0 Å². The van der Waals surface area contributed by atoms with Gasteiger partial charge in [0.15, 0.2) is 0 Å². The first-order chi connectivity index (χ1) is 9.56. The first kappa shape index (κ1) is 15.4. The van der Waals surface area contributed by atoms with E-state index >= 15 is 0 Å². The fourth-order valence-electron chi connectivity index (χ4n) is 2.83. The van der Waals surface area contributed by atoms with Crippen molar-refractivity contribution in [3.63, 3.8) is 0 Å². The van der Waals surface area contributed by atoms with Crippen LogP contribution in [0.2, 0.25) is 0 Å². The van der Waals surface area contributed by atoms with Crippen LogP contribution in [0, 0.1) is 15.5 Å². The van der Waals surface area contributed by atoms with Crippen LogP contribution < -0.4 is 5.32 Å². The molecular formula is C14H19BrN2O3. The van der Waals surface area contributed by atoms with Crippen LogP contribution in [-0.2, 0) is 6.54 Å². The summed E-state index contributed by atoms with van der Waals surface area (Å²) in [4.78, 5) is 10.7. The minimum Gasteiger partial charge on any atom is -0.396 e. The standard InChI is InChI=1S/C14H19BrN2O3/c15-12-4-3-11(13(7-12)17(19)20)8-16-9-14(10-18)5-1-2-6-14/h3-4,7,16,18H,1-2,5-6,8-10H2. The van der Waals surface area contributed by atoms with E-state index in [9.17, 15) is 15.2 Å². The Morgan fingerprint density at radius 3 is 2.70 bits per heavy atom. The molecule has 20 heavy (non-hydrogen) atoms. The molecule has 2 N–H and O–H groups in total. The van der Waals surface area contributed by atoms with Gasteiger partial charge in [0.05, 0.1) is 4.92 Å². The molecule has 1 aromatic carbocycles. The van der Waals surface area contributed by atoms with Crippen molar-refractivity contribution in [2.75, 3.05) is 13.2 Å². The minimum absolute atomic E-state index is 0.0376. The summed E-state index contributed by atoms with van der Waals surface area (Å²) in [5.74, 6) is 0. The molecule has 0 amide bonds. The maximum Gasteiger partial charge on any atom is 0.275 e. The van der Waals surface area contributed by atoms with Crippen LogP contribution in [-0.4, -0.2) is 23.2 Å². The normalized spacial score (nSPS) is 17.3. The topological polar surface area (TPSA) is 75.4 Å². The smallest absolute Gasteiger partial charge is 0.275 e. The fourth-order valence-corrected chi connectivity index (χ4v) is 3.18. The predicted octanol–water partition coefficient (Wildman–Crippen LogP) is 3.00. The summed E-state index contributed by atoms with van der Waals surface area (Å²) in [5, 5.41) is 23.8. The van der Waals surface area contributed by atoms with Crippen LogP contribution in [0.5, 0.6) is 0 Å². The van der Waals surface area contributed by atoms with E-state index in [1.165, 1.54) is 6.07 Å². The molecule has 0 atom stereocenters. The molecule has 0 unspecified atom stereocenters. The third kappa shape index (κ3) is 3.56. The number of aliphatic hydroxyl groups is 1. The molecule has 0 saturated heterocycles. The Morgan fingerprint density at radius 1 is 1.40 bits per heavy atom. The summed E-state index contributed by atoms with van der Waals surface area (Å²) in [5.41, 5.74) is 0.755. The van der Waals surface area contributed by atoms with Gasteiger partial charge >= 0.3 is 0 Å². The summed E-state index contributed by atoms with van der Waals surface area (Å²) >= 11 is 3.25. The van der Waals surface area contributed by atoms with Crippen molar-refractivity contribution < 1.29 is 10.0 Å². The van der Waals surface area contributed by atoms with E-state index in [0.29, 0.717) is 23.1 Å². The molecule has 0 spiro atoms. The molecule has 0 heterocycles. The second-order valence-corrected chi connectivity index (χ2v) is 6.41. The summed E-state index contributed by atoms with van der Waals surface area (Å²) in [6.45, 7) is 1.34. The molecule has 1 aliphatic rings. The van der Waals surface area contributed by atoms with E-state index < -0.39 is 0 Å². The van der Waals surface area contributed by atoms with Gasteiger partial charge in [0.1, 0.15) is 0 Å². The van der Waals surface area contributed by atoms with E-state index in [0.717, 1.165) is 25.7 Å². The quantitative estimate of drug-likeness (QED) is 0.615. The van der Waals surface area contributed by atoms with E-state index in [4.69, 9.17) is 0 Å². The first-order valence-corrected chi connectivity index (χ1v) is 7.60. The second kappa shape index (κ2) is 6.65. The third-order valence-corrected chi connectivity index (χ3v) is 4.55. The highest BCUT2D eigenvalue weighted by molar-refractivity contribution is 9.10. The molecule has 0 aromatic heterocycles. The van der Waals surface area contributed by atoms with E-state index in [2.05, 4.69) is 21.2 Å². The number of halogens is 1. The number of aliphatic hydroxyl groups excluding tert-OH is 1. The molecule has 0 aliphatic heterocycles. The number of nitrogens with one attached hydrogen (secondary N) is 1. The number of nitrogens with zero attached hydrogens (tertiary/aromatic N) is 1. The lowest BCUT2D eigenvalue weighted by atomic mass is 9.87. The first-order valence-electron chi connectivity index (χ1n) is 6.81. The maximum absolute atomic E-state index is 11.0. The Balaban J connectivity index is 1.99. The van der Waals surface area contributed by atoms with E-state index in [1.54, 1.807) is 12.1 Å². The molecular weight excluding hydrogens is 324 g/mol. The van der Waals surface area contributed by atoms with Crippen LogP contribution in [0.25, 0.3) is 0 Å². The van der Waals surface area contributed by atoms with Gasteiger partial charge in [0.25, 0.3) is 5.69 Å². The van der Waals surface area contributed by atoms with Gasteiger partial charge < -0.3 is 10.4 Å². The summed E-state index contributed by atoms with van der Waals surface area (Å²) < 4.78 is 0.704. The third-order valence-electron chi connectivity index (χ3n) is 4.06. The van der Waals surface area contributed by atoms with Crippen molar-refractivity contribution in [1.29, 1.82) is 0 Å². The van der Waals surface area contributed by atoms with Gasteiger partial charge in [-0.15, -0.1) is 0 Å². The van der Waals surface area contributed by atoms with Crippen LogP contribution in [0.1, 0.15) is 31.2 Å². The summed E-state index contributed by atoms with van der Waals surface area (Å²) in [7, 11) is 0. The highest BCUT2D eigenvalue weighted by atomic mass is 79.9. The molecule has 5 nitrogen and oxygen atoms in total. The predicted molar refractivity (Wildman–Crippen MR) is 80.5 cm³/mol. The van der Waals surface area contributed by atoms with Gasteiger partial charge in [-0.25, -0.2) is 0 Å². The van der Waals surface area contributed by atoms with Gasteiger partial charge in [0.2, 0.25) is 0 Å². The Morgan fingerprint density at radius 2 is 2.10 bits per heavy atom. The monoisotopic (exact) mass is 342 g/mol. The van der Waals surface area contributed by atoms with Crippen molar-refractivity contribution in [1.82, 2.24) is 5.32 Å². The van der Waals surface area contributed by atoms with Gasteiger partial charge in [-0.1, -0.05) is 28.8 Å². The Kier molecular flexibility index (Phi) is 5.12. The van der Waals surface area contributed by atoms with Crippen molar-refractivity contribution >= 4 is 21.6 Å². The minimum atomic E-state index is -0.362. The zero-order chi connectivity index (χ0) is 14.6. The number of benzene rings is 1. The molecule has 1 aromatic rings. The zero-order valence-electron chi connectivity index (χ0n) is 11.3. The molecule has 6 heteroatoms. The number of nitro benzene ring substituents is 1. The molecule has 1 aliphatic carbocycles. The number of hydrogen-bond donors (Lipinski definition) is 2. The molecule has 2 rings (SSSR count). The zero-order valence-corrected chi connectivity index (χ0v) is 12.9. The van der Waals surface area contributed by atoms with Crippen LogP contribution in [0.15, 0.2) is 22.7 Å². The molecule has 110 valence electrons. The maximum atomic E-state index is 11.0.